The van der Waals surface area contributed by atoms with E-state index in [0.717, 1.165) is 12.8 Å². The highest BCUT2D eigenvalue weighted by molar-refractivity contribution is 6.01. The zero-order chi connectivity index (χ0) is 14.3. The van der Waals surface area contributed by atoms with E-state index in [9.17, 15) is 19.2 Å². The van der Waals surface area contributed by atoms with Gasteiger partial charge in [0.05, 0.1) is 0 Å². The van der Waals surface area contributed by atoms with E-state index in [-0.39, 0.29) is 25.2 Å². The molecule has 1 fully saturated rings. The van der Waals surface area contributed by atoms with Crippen molar-refractivity contribution in [2.24, 2.45) is 0 Å². The SMILES string of the molecule is CC(=O)NCCCCCC(=O)ON1C(=O)CCC1=O. The van der Waals surface area contributed by atoms with Gasteiger partial charge >= 0.3 is 5.97 Å². The maximum atomic E-state index is 11.4. The number of hydrogen-bond acceptors (Lipinski definition) is 5. The van der Waals surface area contributed by atoms with E-state index in [1.165, 1.54) is 6.92 Å². The third kappa shape index (κ3) is 5.50. The number of nitrogens with zero attached hydrogens (tertiary/aromatic N) is 1. The number of rotatable bonds is 7. The van der Waals surface area contributed by atoms with Gasteiger partial charge in [-0.2, -0.15) is 0 Å². The third-order valence-corrected chi connectivity index (χ3v) is 2.63. The molecule has 0 aromatic rings. The summed E-state index contributed by atoms with van der Waals surface area (Å²) in [6, 6.07) is 0. The number of carbonyl (C=O) groups is 4. The molecule has 1 N–H and O–H groups in total. The molecule has 7 heteroatoms. The van der Waals surface area contributed by atoms with Crippen LogP contribution in [0.5, 0.6) is 0 Å². The Morgan fingerprint density at radius 2 is 1.79 bits per heavy atom. The molecule has 1 heterocycles. The molecule has 0 aromatic heterocycles. The van der Waals surface area contributed by atoms with E-state index in [1.54, 1.807) is 0 Å². The Hall–Kier alpha value is -1.92. The first-order valence-corrected chi connectivity index (χ1v) is 6.31. The van der Waals surface area contributed by atoms with Gasteiger partial charge < -0.3 is 10.2 Å². The zero-order valence-electron chi connectivity index (χ0n) is 10.9. The summed E-state index contributed by atoms with van der Waals surface area (Å²) in [6.07, 6.45) is 2.48. The Morgan fingerprint density at radius 3 is 2.37 bits per heavy atom. The first-order valence-electron chi connectivity index (χ1n) is 6.31. The van der Waals surface area contributed by atoms with E-state index < -0.39 is 17.8 Å². The van der Waals surface area contributed by atoms with E-state index >= 15 is 0 Å². The lowest BCUT2D eigenvalue weighted by Gasteiger charge is -2.12. The van der Waals surface area contributed by atoms with Crippen molar-refractivity contribution in [3.8, 4) is 0 Å². The molecule has 1 rings (SSSR count). The molecule has 0 bridgehead atoms. The molecular weight excluding hydrogens is 252 g/mol. The molecule has 1 saturated heterocycles. The monoisotopic (exact) mass is 270 g/mol. The van der Waals surface area contributed by atoms with Gasteiger partial charge in [-0.05, 0) is 12.8 Å². The Kier molecular flexibility index (Phi) is 5.98. The average molecular weight is 270 g/mol. The maximum absolute atomic E-state index is 11.4. The summed E-state index contributed by atoms with van der Waals surface area (Å²) in [7, 11) is 0. The van der Waals surface area contributed by atoms with E-state index in [1.807, 2.05) is 0 Å². The fraction of sp³-hybridized carbons (Fsp3) is 0.667. The number of amides is 3. The van der Waals surface area contributed by atoms with Gasteiger partial charge in [-0.15, -0.1) is 5.06 Å². The first-order chi connectivity index (χ1) is 9.00. The highest BCUT2D eigenvalue weighted by atomic mass is 16.7. The summed E-state index contributed by atoms with van der Waals surface area (Å²) >= 11 is 0. The molecule has 7 nitrogen and oxygen atoms in total. The quantitative estimate of drug-likeness (QED) is 0.530. The third-order valence-electron chi connectivity index (χ3n) is 2.63. The molecule has 0 saturated carbocycles. The second-order valence-electron chi connectivity index (χ2n) is 4.34. The van der Waals surface area contributed by atoms with Crippen molar-refractivity contribution in [3.63, 3.8) is 0 Å². The van der Waals surface area contributed by atoms with Crippen LogP contribution in [-0.2, 0) is 24.0 Å². The lowest BCUT2D eigenvalue weighted by molar-refractivity contribution is -0.197. The summed E-state index contributed by atoms with van der Waals surface area (Å²) in [5.41, 5.74) is 0. The molecule has 0 spiro atoms. The molecule has 0 atom stereocenters. The smallest absolute Gasteiger partial charge is 0.333 e. The molecule has 0 unspecified atom stereocenters. The lowest BCUT2D eigenvalue weighted by Crippen LogP contribution is -2.31. The van der Waals surface area contributed by atoms with Crippen molar-refractivity contribution in [3.05, 3.63) is 0 Å². The molecule has 1 aliphatic heterocycles. The van der Waals surface area contributed by atoms with Crippen molar-refractivity contribution in [2.75, 3.05) is 6.54 Å². The Morgan fingerprint density at radius 1 is 1.16 bits per heavy atom. The predicted molar refractivity (Wildman–Crippen MR) is 64.3 cm³/mol. The second kappa shape index (κ2) is 7.50. The second-order valence-corrected chi connectivity index (χ2v) is 4.34. The van der Waals surface area contributed by atoms with E-state index in [2.05, 4.69) is 5.32 Å². The lowest BCUT2D eigenvalue weighted by atomic mass is 10.2. The molecule has 0 aromatic carbocycles. The Labute approximate surface area is 111 Å². The minimum Gasteiger partial charge on any atom is -0.356 e. The molecule has 0 radical (unpaired) electrons. The van der Waals surface area contributed by atoms with E-state index in [0.29, 0.717) is 18.0 Å². The predicted octanol–water partition coefficient (Wildman–Crippen LogP) is 0.290. The number of carbonyl (C=O) groups excluding carboxylic acids is 4. The normalized spacial score (nSPS) is 14.7. The molecule has 3 amide bonds. The van der Waals surface area contributed by atoms with Gasteiger partial charge in [0.2, 0.25) is 5.91 Å². The minimum atomic E-state index is -0.580. The number of unbranched alkanes of at least 4 members (excludes halogenated alkanes) is 2. The topological polar surface area (TPSA) is 92.8 Å². The van der Waals surface area contributed by atoms with E-state index in [4.69, 9.17) is 4.84 Å². The van der Waals surface area contributed by atoms with Gasteiger partial charge in [0, 0.05) is 32.7 Å². The molecular formula is C12H18N2O5. The van der Waals surface area contributed by atoms with Gasteiger partial charge in [-0.1, -0.05) is 6.42 Å². The largest absolute Gasteiger partial charge is 0.356 e. The number of imide groups is 1. The maximum Gasteiger partial charge on any atom is 0.333 e. The van der Waals surface area contributed by atoms with Crippen LogP contribution in [-0.4, -0.2) is 35.3 Å². The average Bonchev–Trinajstić information content (AvgIpc) is 2.65. The van der Waals surface area contributed by atoms with Crippen LogP contribution in [0.1, 0.15) is 45.4 Å². The number of nitrogens with one attached hydrogen (secondary N) is 1. The van der Waals surface area contributed by atoms with Crippen molar-refractivity contribution in [1.29, 1.82) is 0 Å². The van der Waals surface area contributed by atoms with Crippen molar-refractivity contribution in [1.82, 2.24) is 10.4 Å². The van der Waals surface area contributed by atoms with Gasteiger partial charge in [-0.3, -0.25) is 14.4 Å². The van der Waals surface area contributed by atoms with Gasteiger partial charge in [0.1, 0.15) is 0 Å². The Balaban J connectivity index is 2.10. The van der Waals surface area contributed by atoms with Crippen LogP contribution in [0.3, 0.4) is 0 Å². The number of hydroxylamine groups is 2. The number of hydrogen-bond donors (Lipinski definition) is 1. The van der Waals surface area contributed by atoms with Crippen LogP contribution in [0.2, 0.25) is 0 Å². The van der Waals surface area contributed by atoms with Crippen molar-refractivity contribution >= 4 is 23.7 Å². The first kappa shape index (κ1) is 15.1. The van der Waals surface area contributed by atoms with Crippen LogP contribution >= 0.6 is 0 Å². The van der Waals surface area contributed by atoms with Crippen LogP contribution in [0.25, 0.3) is 0 Å². The van der Waals surface area contributed by atoms with Gasteiger partial charge in [0.15, 0.2) is 0 Å². The van der Waals surface area contributed by atoms with Crippen LogP contribution < -0.4 is 5.32 Å². The zero-order valence-corrected chi connectivity index (χ0v) is 10.9. The van der Waals surface area contributed by atoms with Crippen molar-refractivity contribution in [2.45, 2.75) is 45.4 Å². The van der Waals surface area contributed by atoms with Crippen molar-refractivity contribution < 1.29 is 24.0 Å². The molecule has 0 aliphatic carbocycles. The van der Waals surface area contributed by atoms with Crippen LogP contribution in [0, 0.1) is 0 Å². The Bertz CT molecular complexity index is 364. The molecule has 106 valence electrons. The van der Waals surface area contributed by atoms with Crippen LogP contribution in [0.4, 0.5) is 0 Å². The summed E-state index contributed by atoms with van der Waals surface area (Å²) in [6.45, 7) is 2.02. The minimum absolute atomic E-state index is 0.0783. The molecule has 1 aliphatic rings. The highest BCUT2D eigenvalue weighted by Crippen LogP contribution is 2.13. The summed E-state index contributed by atoms with van der Waals surface area (Å²) in [4.78, 5) is 49.1. The van der Waals surface area contributed by atoms with Gasteiger partial charge in [-0.25, -0.2) is 4.79 Å². The summed E-state index contributed by atoms with van der Waals surface area (Å²) < 4.78 is 0. The summed E-state index contributed by atoms with van der Waals surface area (Å²) in [5.74, 6) is -1.60. The fourth-order valence-corrected chi connectivity index (χ4v) is 1.64. The van der Waals surface area contributed by atoms with Crippen LogP contribution in [0.15, 0.2) is 0 Å². The van der Waals surface area contributed by atoms with Gasteiger partial charge in [0.25, 0.3) is 11.8 Å². The standard InChI is InChI=1S/C12H18N2O5/c1-9(15)13-8-4-2-3-5-12(18)19-14-10(16)6-7-11(14)17/h2-8H2,1H3,(H,13,15). The molecule has 19 heavy (non-hydrogen) atoms. The summed E-state index contributed by atoms with van der Waals surface area (Å²) in [5, 5.41) is 3.21. The highest BCUT2D eigenvalue weighted by Gasteiger charge is 2.32. The fourth-order valence-electron chi connectivity index (χ4n) is 1.64.